The molecule has 1 N–H and O–H groups in total. The zero-order chi connectivity index (χ0) is 7.11. The molecule has 0 aromatic carbocycles. The third-order valence-electron chi connectivity index (χ3n) is 0.908. The maximum atomic E-state index is 8.38. The first kappa shape index (κ1) is 8.79. The minimum absolute atomic E-state index is 0.123. The molecule has 0 heterocycles. The van der Waals surface area contributed by atoms with Gasteiger partial charge in [0.15, 0.2) is 0 Å². The van der Waals surface area contributed by atoms with Gasteiger partial charge in [-0.15, -0.1) is 11.8 Å². The van der Waals surface area contributed by atoms with Crippen LogP contribution in [0.1, 0.15) is 6.92 Å². The first-order chi connectivity index (χ1) is 4.35. The van der Waals surface area contributed by atoms with Crippen LogP contribution in [0.5, 0.6) is 0 Å². The van der Waals surface area contributed by atoms with Crippen LogP contribution in [0.25, 0.3) is 0 Å². The second-order valence-corrected chi connectivity index (χ2v) is 2.36. The molecule has 0 saturated heterocycles. The first-order valence-electron chi connectivity index (χ1n) is 2.82. The van der Waals surface area contributed by atoms with Crippen LogP contribution >= 0.6 is 11.8 Å². The Balaban J connectivity index is 3.70. The highest BCUT2D eigenvalue weighted by atomic mass is 32.2. The topological polar surface area (TPSA) is 20.2 Å². The van der Waals surface area contributed by atoms with Crippen LogP contribution in [0.3, 0.4) is 0 Å². The lowest BCUT2D eigenvalue weighted by Gasteiger charge is -1.90. The highest BCUT2D eigenvalue weighted by Gasteiger charge is 1.81. The summed E-state index contributed by atoms with van der Waals surface area (Å²) in [6.07, 6.45) is 7.66. The first-order valence-corrected chi connectivity index (χ1v) is 4.05. The van der Waals surface area contributed by atoms with Gasteiger partial charge in [-0.1, -0.05) is 18.2 Å². The highest BCUT2D eigenvalue weighted by molar-refractivity contribution is 8.02. The van der Waals surface area contributed by atoms with E-state index in [9.17, 15) is 0 Å². The minimum Gasteiger partial charge on any atom is -0.392 e. The van der Waals surface area contributed by atoms with Crippen molar-refractivity contribution in [2.75, 3.05) is 12.9 Å². The van der Waals surface area contributed by atoms with Crippen molar-refractivity contribution in [3.05, 3.63) is 23.1 Å². The van der Waals surface area contributed by atoms with Crippen LogP contribution in [0.2, 0.25) is 0 Å². The van der Waals surface area contributed by atoms with Gasteiger partial charge in [0.2, 0.25) is 0 Å². The van der Waals surface area contributed by atoms with Crippen molar-refractivity contribution in [1.82, 2.24) is 0 Å². The molecule has 9 heavy (non-hydrogen) atoms. The largest absolute Gasteiger partial charge is 0.392 e. The van der Waals surface area contributed by atoms with E-state index >= 15 is 0 Å². The van der Waals surface area contributed by atoms with Crippen molar-refractivity contribution in [2.24, 2.45) is 0 Å². The van der Waals surface area contributed by atoms with Gasteiger partial charge in [-0.3, -0.25) is 0 Å². The lowest BCUT2D eigenvalue weighted by Crippen LogP contribution is -1.72. The number of hydrogen-bond acceptors (Lipinski definition) is 2. The molecule has 0 rings (SSSR count). The lowest BCUT2D eigenvalue weighted by atomic mass is 10.4. The van der Waals surface area contributed by atoms with Gasteiger partial charge in [0.1, 0.15) is 0 Å². The normalized spacial score (nSPS) is 13.0. The van der Waals surface area contributed by atoms with E-state index in [2.05, 4.69) is 0 Å². The zero-order valence-corrected chi connectivity index (χ0v) is 6.61. The molecule has 2 heteroatoms. The Labute approximate surface area is 60.5 Å². The van der Waals surface area contributed by atoms with Gasteiger partial charge in [0, 0.05) is 4.91 Å². The van der Waals surface area contributed by atoms with Crippen molar-refractivity contribution in [3.8, 4) is 0 Å². The van der Waals surface area contributed by atoms with Crippen LogP contribution in [0, 0.1) is 0 Å². The van der Waals surface area contributed by atoms with Gasteiger partial charge < -0.3 is 5.11 Å². The lowest BCUT2D eigenvalue weighted by molar-refractivity contribution is 0.342. The number of rotatable bonds is 3. The summed E-state index contributed by atoms with van der Waals surface area (Å²) in [5, 5.41) is 8.38. The van der Waals surface area contributed by atoms with Crippen molar-refractivity contribution in [3.63, 3.8) is 0 Å². The zero-order valence-electron chi connectivity index (χ0n) is 5.79. The Morgan fingerprint density at radius 1 is 1.67 bits per heavy atom. The molecule has 0 aliphatic heterocycles. The molecule has 0 aliphatic rings. The van der Waals surface area contributed by atoms with Gasteiger partial charge in [0.25, 0.3) is 0 Å². The molecule has 0 aromatic heterocycles. The minimum atomic E-state index is 0.123. The molecule has 0 bridgehead atoms. The van der Waals surface area contributed by atoms with E-state index in [0.717, 1.165) is 0 Å². The van der Waals surface area contributed by atoms with Crippen LogP contribution in [0.4, 0.5) is 0 Å². The smallest absolute Gasteiger partial charge is 0.0615 e. The maximum absolute atomic E-state index is 8.38. The predicted octanol–water partition coefficient (Wildman–Crippen LogP) is 1.80. The summed E-state index contributed by atoms with van der Waals surface area (Å²) in [7, 11) is 0. The molecule has 0 amide bonds. The average Bonchev–Trinajstić information content (AvgIpc) is 1.91. The molecule has 0 atom stereocenters. The Morgan fingerprint density at radius 2 is 2.33 bits per heavy atom. The fourth-order valence-corrected chi connectivity index (χ4v) is 0.919. The SMILES string of the molecule is C/C=C(\C=C/CO)SC. The number of hydrogen-bond donors (Lipinski definition) is 1. The van der Waals surface area contributed by atoms with E-state index in [1.807, 2.05) is 25.3 Å². The van der Waals surface area contributed by atoms with Crippen LogP contribution in [-0.2, 0) is 0 Å². The molecule has 0 radical (unpaired) electrons. The third kappa shape index (κ3) is 4.30. The summed E-state index contributed by atoms with van der Waals surface area (Å²) in [5.41, 5.74) is 0. The van der Waals surface area contributed by atoms with Gasteiger partial charge in [0.05, 0.1) is 6.61 Å². The Morgan fingerprint density at radius 3 is 2.67 bits per heavy atom. The van der Waals surface area contributed by atoms with E-state index in [-0.39, 0.29) is 6.61 Å². The predicted molar refractivity (Wildman–Crippen MR) is 43.5 cm³/mol. The van der Waals surface area contributed by atoms with Crippen LogP contribution in [0.15, 0.2) is 23.1 Å². The maximum Gasteiger partial charge on any atom is 0.0615 e. The summed E-state index contributed by atoms with van der Waals surface area (Å²) in [5.74, 6) is 0. The molecule has 0 fully saturated rings. The summed E-state index contributed by atoms with van der Waals surface area (Å²) < 4.78 is 0. The quantitative estimate of drug-likeness (QED) is 0.609. The van der Waals surface area contributed by atoms with Crippen molar-refractivity contribution in [1.29, 1.82) is 0 Å². The molecular formula is C7H12OS. The van der Waals surface area contributed by atoms with Gasteiger partial charge >= 0.3 is 0 Å². The molecule has 52 valence electrons. The summed E-state index contributed by atoms with van der Waals surface area (Å²) in [4.78, 5) is 1.18. The Kier molecular flexibility index (Phi) is 5.78. The number of aliphatic hydroxyl groups is 1. The van der Waals surface area contributed by atoms with Gasteiger partial charge in [-0.25, -0.2) is 0 Å². The molecule has 0 aromatic rings. The number of allylic oxidation sites excluding steroid dienone is 2. The average molecular weight is 144 g/mol. The number of thioether (sulfide) groups is 1. The fourth-order valence-electron chi connectivity index (χ4n) is 0.451. The summed E-state index contributed by atoms with van der Waals surface area (Å²) in [6.45, 7) is 2.10. The third-order valence-corrected chi connectivity index (χ3v) is 1.75. The van der Waals surface area contributed by atoms with Crippen molar-refractivity contribution in [2.45, 2.75) is 6.92 Å². The molecule has 0 aliphatic carbocycles. The number of aliphatic hydroxyl groups excluding tert-OH is 1. The van der Waals surface area contributed by atoms with E-state index in [0.29, 0.717) is 0 Å². The van der Waals surface area contributed by atoms with E-state index < -0.39 is 0 Å². The second-order valence-electron chi connectivity index (χ2n) is 1.48. The van der Waals surface area contributed by atoms with E-state index in [4.69, 9.17) is 5.11 Å². The monoisotopic (exact) mass is 144 g/mol. The molecular weight excluding hydrogens is 132 g/mol. The van der Waals surface area contributed by atoms with Crippen LogP contribution < -0.4 is 0 Å². The summed E-state index contributed by atoms with van der Waals surface area (Å²) in [6, 6.07) is 0. The molecule has 1 nitrogen and oxygen atoms in total. The summed E-state index contributed by atoms with van der Waals surface area (Å²) >= 11 is 1.67. The van der Waals surface area contributed by atoms with Gasteiger partial charge in [-0.05, 0) is 13.2 Å². The van der Waals surface area contributed by atoms with Gasteiger partial charge in [-0.2, -0.15) is 0 Å². The van der Waals surface area contributed by atoms with Crippen molar-refractivity contribution >= 4 is 11.8 Å². The second kappa shape index (κ2) is 5.92. The fraction of sp³-hybridized carbons (Fsp3) is 0.429. The Bertz CT molecular complexity index is 116. The molecule has 0 saturated carbocycles. The van der Waals surface area contributed by atoms with E-state index in [1.165, 1.54) is 4.91 Å². The van der Waals surface area contributed by atoms with Crippen LogP contribution in [-0.4, -0.2) is 18.0 Å². The molecule has 0 spiro atoms. The highest BCUT2D eigenvalue weighted by Crippen LogP contribution is 2.11. The standard InChI is InChI=1S/C7H12OS/c1-3-7(9-2)5-4-6-8/h3-5,8H,6H2,1-2H3/b5-4-,7-3+. The Hall–Kier alpha value is -0.210. The molecule has 0 unspecified atom stereocenters. The van der Waals surface area contributed by atoms with E-state index in [1.54, 1.807) is 17.8 Å². The van der Waals surface area contributed by atoms with Crippen molar-refractivity contribution < 1.29 is 5.11 Å².